The van der Waals surface area contributed by atoms with Crippen LogP contribution in [0.4, 0.5) is 5.69 Å². The monoisotopic (exact) mass is 405 g/mol. The van der Waals surface area contributed by atoms with Crippen molar-refractivity contribution in [2.24, 2.45) is 0 Å². The van der Waals surface area contributed by atoms with Crippen molar-refractivity contribution in [2.75, 3.05) is 30.9 Å². The van der Waals surface area contributed by atoms with Crippen LogP contribution in [0.3, 0.4) is 0 Å². The largest absolute Gasteiger partial charge is 0.460 e. The van der Waals surface area contributed by atoms with Crippen LogP contribution >= 0.6 is 11.8 Å². The maximum atomic E-state index is 12.1. The normalized spacial score (nSPS) is 10.5. The van der Waals surface area contributed by atoms with Gasteiger partial charge in [-0.05, 0) is 37.6 Å². The molecule has 1 amide bonds. The molecular weight excluding hydrogens is 382 g/mol. The third-order valence-electron chi connectivity index (χ3n) is 3.54. The Balaban J connectivity index is 1.83. The van der Waals surface area contributed by atoms with E-state index >= 15 is 0 Å². The lowest BCUT2D eigenvalue weighted by Crippen LogP contribution is -2.16. The molecule has 0 atom stereocenters. The molecule has 0 saturated heterocycles. The van der Waals surface area contributed by atoms with E-state index in [4.69, 9.17) is 9.47 Å². The number of aryl methyl sites for hydroxylation is 1. The average Bonchev–Trinajstić information content (AvgIpc) is 2.69. The summed E-state index contributed by atoms with van der Waals surface area (Å²) in [6.07, 6.45) is 0.643. The molecular formula is C19H23N3O5S. The lowest BCUT2D eigenvalue weighted by Gasteiger charge is -2.07. The van der Waals surface area contributed by atoms with Crippen LogP contribution in [0.2, 0.25) is 0 Å². The van der Waals surface area contributed by atoms with E-state index in [9.17, 15) is 14.4 Å². The van der Waals surface area contributed by atoms with Crippen LogP contribution in [0.15, 0.2) is 40.3 Å². The second-order valence-electron chi connectivity index (χ2n) is 5.64. The summed E-state index contributed by atoms with van der Waals surface area (Å²) < 4.78 is 10.2. The second kappa shape index (κ2) is 11.3. The maximum Gasteiger partial charge on any atom is 0.338 e. The molecule has 1 heterocycles. The highest BCUT2D eigenvalue weighted by Crippen LogP contribution is 2.14. The first kappa shape index (κ1) is 21.6. The molecule has 150 valence electrons. The molecule has 0 unspecified atom stereocenters. The van der Waals surface area contributed by atoms with Crippen molar-refractivity contribution in [3.05, 3.63) is 51.9 Å². The fourth-order valence-electron chi connectivity index (χ4n) is 2.17. The summed E-state index contributed by atoms with van der Waals surface area (Å²) in [6, 6.07) is 7.84. The van der Waals surface area contributed by atoms with E-state index in [2.05, 4.69) is 15.3 Å². The number of amides is 1. The topological polar surface area (TPSA) is 110 Å². The molecule has 0 aliphatic carbocycles. The number of carbonyl (C=O) groups is 2. The molecule has 0 bridgehead atoms. The predicted molar refractivity (Wildman–Crippen MR) is 107 cm³/mol. The number of anilines is 1. The first-order chi connectivity index (χ1) is 13.5. The Morgan fingerprint density at radius 1 is 1.18 bits per heavy atom. The zero-order valence-electron chi connectivity index (χ0n) is 15.8. The number of H-pyrrole nitrogens is 1. The fraction of sp³-hybridized carbons (Fsp3) is 0.368. The lowest BCUT2D eigenvalue weighted by molar-refractivity contribution is -0.113. The number of nitrogens with one attached hydrogen (secondary N) is 2. The van der Waals surface area contributed by atoms with Gasteiger partial charge < -0.3 is 19.8 Å². The Labute approximate surface area is 167 Å². The predicted octanol–water partition coefficient (Wildman–Crippen LogP) is 2.26. The third kappa shape index (κ3) is 7.16. The van der Waals surface area contributed by atoms with E-state index in [0.29, 0.717) is 41.7 Å². The van der Waals surface area contributed by atoms with Gasteiger partial charge in [0.05, 0.1) is 17.9 Å². The van der Waals surface area contributed by atoms with Crippen LogP contribution in [-0.4, -0.2) is 47.4 Å². The van der Waals surface area contributed by atoms with Crippen molar-refractivity contribution in [3.8, 4) is 0 Å². The molecule has 0 spiro atoms. The highest BCUT2D eigenvalue weighted by Gasteiger charge is 2.09. The molecule has 0 saturated carbocycles. The smallest absolute Gasteiger partial charge is 0.338 e. The number of thioether (sulfide) groups is 1. The number of hydrogen-bond donors (Lipinski definition) is 2. The molecule has 1 aromatic heterocycles. The van der Waals surface area contributed by atoms with Crippen molar-refractivity contribution in [1.29, 1.82) is 0 Å². The van der Waals surface area contributed by atoms with Crippen LogP contribution in [0.1, 0.15) is 29.9 Å². The Morgan fingerprint density at radius 3 is 2.61 bits per heavy atom. The first-order valence-corrected chi connectivity index (χ1v) is 9.88. The van der Waals surface area contributed by atoms with Crippen molar-refractivity contribution < 1.29 is 19.1 Å². The molecule has 0 aliphatic rings. The van der Waals surface area contributed by atoms with Crippen LogP contribution in [0.25, 0.3) is 0 Å². The van der Waals surface area contributed by atoms with Gasteiger partial charge in [0.2, 0.25) is 5.91 Å². The molecule has 2 N–H and O–H groups in total. The molecule has 0 fully saturated rings. The first-order valence-electron chi connectivity index (χ1n) is 8.89. The summed E-state index contributed by atoms with van der Waals surface area (Å²) in [6.45, 7) is 4.89. The van der Waals surface area contributed by atoms with E-state index in [1.165, 1.54) is 6.07 Å². The molecule has 8 nitrogen and oxygen atoms in total. The molecule has 28 heavy (non-hydrogen) atoms. The quantitative estimate of drug-likeness (QED) is 0.270. The van der Waals surface area contributed by atoms with Crippen LogP contribution in [0, 0.1) is 0 Å². The minimum atomic E-state index is -0.445. The highest BCUT2D eigenvalue weighted by atomic mass is 32.2. The van der Waals surface area contributed by atoms with Gasteiger partial charge in [0, 0.05) is 24.1 Å². The van der Waals surface area contributed by atoms with E-state index in [1.807, 2.05) is 13.8 Å². The van der Waals surface area contributed by atoms with Crippen molar-refractivity contribution >= 4 is 29.3 Å². The minimum Gasteiger partial charge on any atom is -0.460 e. The molecule has 2 aromatic rings. The summed E-state index contributed by atoms with van der Waals surface area (Å²) in [5.74, 6) is -0.599. The number of esters is 1. The number of hydrogen-bond acceptors (Lipinski definition) is 7. The molecule has 0 radical (unpaired) electrons. The summed E-state index contributed by atoms with van der Waals surface area (Å²) in [5.41, 5.74) is 1.39. The Morgan fingerprint density at radius 2 is 1.93 bits per heavy atom. The summed E-state index contributed by atoms with van der Waals surface area (Å²) in [7, 11) is 0. The van der Waals surface area contributed by atoms with Gasteiger partial charge in [-0.1, -0.05) is 18.7 Å². The van der Waals surface area contributed by atoms with Gasteiger partial charge in [-0.25, -0.2) is 9.78 Å². The number of rotatable bonds is 10. The van der Waals surface area contributed by atoms with Gasteiger partial charge in [0.1, 0.15) is 6.61 Å². The standard InChI is InChI=1S/C19H23N3O5S/c1-3-14-11-16(23)22-19(21-14)28-12-17(24)20-15-7-5-13(6-8-15)18(25)27-10-9-26-4-2/h5-8,11H,3-4,9-10,12H2,1-2H3,(H,20,24)(H,21,22,23). The Kier molecular flexibility index (Phi) is 8.70. The lowest BCUT2D eigenvalue weighted by atomic mass is 10.2. The van der Waals surface area contributed by atoms with Gasteiger partial charge in [-0.3, -0.25) is 9.59 Å². The minimum absolute atomic E-state index is 0.0946. The molecule has 1 aromatic carbocycles. The van der Waals surface area contributed by atoms with Crippen LogP contribution in [-0.2, 0) is 20.7 Å². The zero-order valence-corrected chi connectivity index (χ0v) is 16.6. The zero-order chi connectivity index (χ0) is 20.4. The summed E-state index contributed by atoms with van der Waals surface area (Å²) in [4.78, 5) is 42.4. The number of aromatic nitrogens is 2. The van der Waals surface area contributed by atoms with E-state index < -0.39 is 5.97 Å². The SMILES string of the molecule is CCOCCOC(=O)c1ccc(NC(=O)CSc2nc(CC)cc(=O)[nH]2)cc1. The van der Waals surface area contributed by atoms with Gasteiger partial charge in [0.15, 0.2) is 5.16 Å². The number of carbonyl (C=O) groups excluding carboxylic acids is 2. The number of ether oxygens (including phenoxy) is 2. The maximum absolute atomic E-state index is 12.1. The Hall–Kier alpha value is -2.65. The highest BCUT2D eigenvalue weighted by molar-refractivity contribution is 7.99. The molecule has 2 rings (SSSR count). The van der Waals surface area contributed by atoms with Gasteiger partial charge in [-0.15, -0.1) is 0 Å². The van der Waals surface area contributed by atoms with E-state index in [1.54, 1.807) is 24.3 Å². The number of nitrogens with zero attached hydrogens (tertiary/aromatic N) is 1. The Bertz CT molecular complexity index is 851. The molecule has 0 aliphatic heterocycles. The van der Waals surface area contributed by atoms with Crippen LogP contribution in [0.5, 0.6) is 0 Å². The third-order valence-corrected chi connectivity index (χ3v) is 4.42. The van der Waals surface area contributed by atoms with Crippen molar-refractivity contribution in [2.45, 2.75) is 25.4 Å². The van der Waals surface area contributed by atoms with Crippen molar-refractivity contribution in [3.63, 3.8) is 0 Å². The second-order valence-corrected chi connectivity index (χ2v) is 6.61. The van der Waals surface area contributed by atoms with Crippen LogP contribution < -0.4 is 10.9 Å². The molecule has 9 heteroatoms. The van der Waals surface area contributed by atoms with Gasteiger partial charge in [-0.2, -0.15) is 0 Å². The fourth-order valence-corrected chi connectivity index (χ4v) is 2.87. The average molecular weight is 405 g/mol. The number of benzene rings is 1. The van der Waals surface area contributed by atoms with E-state index in [-0.39, 0.29) is 23.8 Å². The summed E-state index contributed by atoms with van der Waals surface area (Å²) in [5, 5.41) is 3.14. The van der Waals surface area contributed by atoms with Gasteiger partial charge >= 0.3 is 5.97 Å². The van der Waals surface area contributed by atoms with E-state index in [0.717, 1.165) is 11.8 Å². The number of aromatic amines is 1. The summed E-state index contributed by atoms with van der Waals surface area (Å²) >= 11 is 1.15. The van der Waals surface area contributed by atoms with Crippen molar-refractivity contribution in [1.82, 2.24) is 9.97 Å². The van der Waals surface area contributed by atoms with Gasteiger partial charge in [0.25, 0.3) is 5.56 Å².